The van der Waals surface area contributed by atoms with Crippen LogP contribution in [-0.2, 0) is 19.6 Å². The molecule has 0 saturated carbocycles. The molecule has 0 atom stereocenters. The van der Waals surface area contributed by atoms with E-state index in [2.05, 4.69) is 0 Å². The van der Waals surface area contributed by atoms with Crippen molar-refractivity contribution >= 4 is 33.5 Å². The highest BCUT2D eigenvalue weighted by Gasteiger charge is 2.13. The van der Waals surface area contributed by atoms with Crippen molar-refractivity contribution in [2.45, 2.75) is 6.92 Å². The van der Waals surface area contributed by atoms with E-state index in [4.69, 9.17) is 4.74 Å². The van der Waals surface area contributed by atoms with Gasteiger partial charge in [0.15, 0.2) is 12.4 Å². The summed E-state index contributed by atoms with van der Waals surface area (Å²) in [7, 11) is -1.95. The van der Waals surface area contributed by atoms with Crippen LogP contribution in [0.2, 0.25) is 0 Å². The monoisotopic (exact) mass is 387 g/mol. The third kappa shape index (κ3) is 5.79. The topological polar surface area (TPSA) is 80.8 Å². The van der Waals surface area contributed by atoms with E-state index < -0.39 is 22.6 Å². The van der Waals surface area contributed by atoms with Gasteiger partial charge in [0, 0.05) is 18.7 Å². The fourth-order valence-electron chi connectivity index (χ4n) is 2.25. The number of sulfonamides is 1. The summed E-state index contributed by atoms with van der Waals surface area (Å²) < 4.78 is 29.1. The highest BCUT2D eigenvalue weighted by atomic mass is 32.2. The molecular weight excluding hydrogens is 366 g/mol. The van der Waals surface area contributed by atoms with Crippen LogP contribution >= 0.6 is 0 Å². The number of carbonyl (C=O) groups is 2. The standard InChI is InChI=1S/C20H21NO5S/c1-15-6-4-5-7-16(15)10-13-20(23)26-14-19(22)17-8-11-18(12-9-17)21(2)27(3,24)25/h4-13H,14H2,1-3H3/b13-10+. The lowest BCUT2D eigenvalue weighted by Crippen LogP contribution is -2.24. The summed E-state index contributed by atoms with van der Waals surface area (Å²) in [6, 6.07) is 13.6. The quantitative estimate of drug-likeness (QED) is 0.415. The first-order valence-electron chi connectivity index (χ1n) is 8.16. The van der Waals surface area contributed by atoms with E-state index in [0.29, 0.717) is 11.3 Å². The van der Waals surface area contributed by atoms with Gasteiger partial charge in [0.05, 0.1) is 11.9 Å². The average molecular weight is 387 g/mol. The zero-order valence-electron chi connectivity index (χ0n) is 15.4. The summed E-state index contributed by atoms with van der Waals surface area (Å²) in [5.74, 6) is -0.985. The molecule has 0 spiro atoms. The Bertz CT molecular complexity index is 962. The zero-order valence-corrected chi connectivity index (χ0v) is 16.2. The number of hydrogen-bond acceptors (Lipinski definition) is 5. The fraction of sp³-hybridized carbons (Fsp3) is 0.200. The van der Waals surface area contributed by atoms with E-state index in [1.54, 1.807) is 6.08 Å². The minimum absolute atomic E-state index is 0.330. The van der Waals surface area contributed by atoms with Crippen molar-refractivity contribution < 1.29 is 22.7 Å². The molecule has 0 aliphatic rings. The van der Waals surface area contributed by atoms with Crippen LogP contribution in [-0.4, -0.2) is 40.1 Å². The smallest absolute Gasteiger partial charge is 0.331 e. The molecule has 0 bridgehead atoms. The summed E-state index contributed by atoms with van der Waals surface area (Å²) in [4.78, 5) is 23.9. The van der Waals surface area contributed by atoms with Crippen LogP contribution in [0.25, 0.3) is 6.08 Å². The number of rotatable bonds is 7. The van der Waals surface area contributed by atoms with E-state index >= 15 is 0 Å². The van der Waals surface area contributed by atoms with E-state index in [-0.39, 0.29) is 5.78 Å². The number of anilines is 1. The molecule has 2 rings (SSSR count). The van der Waals surface area contributed by atoms with Crippen LogP contribution in [0.15, 0.2) is 54.6 Å². The zero-order chi connectivity index (χ0) is 20.0. The van der Waals surface area contributed by atoms with Gasteiger partial charge in [-0.05, 0) is 48.4 Å². The van der Waals surface area contributed by atoms with Crippen molar-refractivity contribution in [1.29, 1.82) is 0 Å². The largest absolute Gasteiger partial charge is 0.454 e. The van der Waals surface area contributed by atoms with E-state index in [0.717, 1.165) is 21.7 Å². The summed E-state index contributed by atoms with van der Waals surface area (Å²) >= 11 is 0. The number of hydrogen-bond donors (Lipinski definition) is 0. The van der Waals surface area contributed by atoms with Crippen molar-refractivity contribution in [2.24, 2.45) is 0 Å². The second-order valence-corrected chi connectivity index (χ2v) is 8.01. The molecule has 0 aromatic heterocycles. The number of benzene rings is 2. The fourth-order valence-corrected chi connectivity index (χ4v) is 2.75. The van der Waals surface area contributed by atoms with Gasteiger partial charge in [0.2, 0.25) is 10.0 Å². The highest BCUT2D eigenvalue weighted by Crippen LogP contribution is 2.16. The van der Waals surface area contributed by atoms with Gasteiger partial charge < -0.3 is 4.74 Å². The van der Waals surface area contributed by atoms with Gasteiger partial charge in [-0.1, -0.05) is 24.3 Å². The minimum atomic E-state index is -3.37. The number of nitrogens with zero attached hydrogens (tertiary/aromatic N) is 1. The Morgan fingerprint density at radius 1 is 1.07 bits per heavy atom. The van der Waals surface area contributed by atoms with Crippen molar-refractivity contribution in [3.8, 4) is 0 Å². The first kappa shape index (κ1) is 20.4. The summed E-state index contributed by atoms with van der Waals surface area (Å²) in [5.41, 5.74) is 2.69. The van der Waals surface area contributed by atoms with Crippen LogP contribution in [0, 0.1) is 6.92 Å². The predicted octanol–water partition coefficient (Wildman–Crippen LogP) is 2.83. The first-order valence-corrected chi connectivity index (χ1v) is 10.0. The lowest BCUT2D eigenvalue weighted by molar-refractivity contribution is -0.136. The Morgan fingerprint density at radius 2 is 1.70 bits per heavy atom. The lowest BCUT2D eigenvalue weighted by Gasteiger charge is -2.16. The maximum atomic E-state index is 12.1. The third-order valence-electron chi connectivity index (χ3n) is 3.98. The molecular formula is C20H21NO5S. The Labute approximate surface area is 159 Å². The number of esters is 1. The molecule has 0 heterocycles. The van der Waals surface area contributed by atoms with E-state index in [9.17, 15) is 18.0 Å². The van der Waals surface area contributed by atoms with Gasteiger partial charge in [-0.2, -0.15) is 0 Å². The maximum absolute atomic E-state index is 12.1. The van der Waals surface area contributed by atoms with Crippen LogP contribution < -0.4 is 4.31 Å². The average Bonchev–Trinajstić information content (AvgIpc) is 2.64. The van der Waals surface area contributed by atoms with Crippen molar-refractivity contribution in [1.82, 2.24) is 0 Å². The lowest BCUT2D eigenvalue weighted by atomic mass is 10.1. The number of aryl methyl sites for hydroxylation is 1. The molecule has 0 unspecified atom stereocenters. The van der Waals surface area contributed by atoms with Gasteiger partial charge in [-0.25, -0.2) is 13.2 Å². The second-order valence-electron chi connectivity index (χ2n) is 6.00. The molecule has 0 radical (unpaired) electrons. The Hall–Kier alpha value is -2.93. The Morgan fingerprint density at radius 3 is 2.30 bits per heavy atom. The van der Waals surface area contributed by atoms with E-state index in [1.165, 1.54) is 37.4 Å². The molecule has 2 aromatic rings. The molecule has 0 fully saturated rings. The number of ether oxygens (including phenoxy) is 1. The Kier molecular flexibility index (Phi) is 6.52. The molecule has 0 aliphatic heterocycles. The third-order valence-corrected chi connectivity index (χ3v) is 5.19. The summed E-state index contributed by atoms with van der Waals surface area (Å²) in [6.07, 6.45) is 4.01. The van der Waals surface area contributed by atoms with Crippen molar-refractivity contribution in [3.05, 3.63) is 71.3 Å². The normalized spacial score (nSPS) is 11.4. The molecule has 0 saturated heterocycles. The molecule has 0 aliphatic carbocycles. The predicted molar refractivity (Wildman–Crippen MR) is 105 cm³/mol. The Balaban J connectivity index is 1.93. The maximum Gasteiger partial charge on any atom is 0.331 e. The highest BCUT2D eigenvalue weighted by molar-refractivity contribution is 7.92. The van der Waals surface area contributed by atoms with Gasteiger partial charge in [-0.3, -0.25) is 9.10 Å². The SMILES string of the molecule is Cc1ccccc1/C=C/C(=O)OCC(=O)c1ccc(N(C)S(C)(=O)=O)cc1. The van der Waals surface area contributed by atoms with Crippen molar-refractivity contribution in [2.75, 3.05) is 24.2 Å². The van der Waals surface area contributed by atoms with Gasteiger partial charge in [0.25, 0.3) is 0 Å². The number of Topliss-reactive ketones (excluding diaryl/α,β-unsaturated/α-hetero) is 1. The molecule has 2 aromatic carbocycles. The van der Waals surface area contributed by atoms with Gasteiger partial charge in [-0.15, -0.1) is 0 Å². The number of carbonyl (C=O) groups excluding carboxylic acids is 2. The van der Waals surface area contributed by atoms with Gasteiger partial charge in [0.1, 0.15) is 0 Å². The molecule has 0 amide bonds. The molecule has 0 N–H and O–H groups in total. The van der Waals surface area contributed by atoms with Crippen LogP contribution in [0.4, 0.5) is 5.69 Å². The molecule has 27 heavy (non-hydrogen) atoms. The number of ketones is 1. The van der Waals surface area contributed by atoms with E-state index in [1.807, 2.05) is 31.2 Å². The second kappa shape index (κ2) is 8.64. The van der Waals surface area contributed by atoms with Crippen LogP contribution in [0.3, 0.4) is 0 Å². The van der Waals surface area contributed by atoms with Crippen molar-refractivity contribution in [3.63, 3.8) is 0 Å². The first-order chi connectivity index (χ1) is 12.7. The minimum Gasteiger partial charge on any atom is -0.454 e. The van der Waals surface area contributed by atoms with Gasteiger partial charge >= 0.3 is 5.97 Å². The summed E-state index contributed by atoms with van der Waals surface area (Å²) in [5, 5.41) is 0. The molecule has 6 nitrogen and oxygen atoms in total. The summed E-state index contributed by atoms with van der Waals surface area (Å²) in [6.45, 7) is 1.54. The molecule has 142 valence electrons. The van der Waals surface area contributed by atoms with Crippen LogP contribution in [0.1, 0.15) is 21.5 Å². The molecule has 7 heteroatoms. The van der Waals surface area contributed by atoms with Crippen LogP contribution in [0.5, 0.6) is 0 Å².